The predicted molar refractivity (Wildman–Crippen MR) is 59.9 cm³/mol. The monoisotopic (exact) mass is 206 g/mol. The number of rotatable bonds is 5. The van der Waals surface area contributed by atoms with Crippen LogP contribution in [0.15, 0.2) is 24.3 Å². The fourth-order valence-electron chi connectivity index (χ4n) is 1.60. The maximum Gasteiger partial charge on any atom is 0.125 e. The standard InChI is InChI=1S/C13H18O2/c1-2-12(14)11-5-3-4-6-13(11)15-9-10-7-8-10/h3-6,10,12,14H,2,7-9H2,1H3. The van der Waals surface area contributed by atoms with Crippen LogP contribution in [0.3, 0.4) is 0 Å². The van der Waals surface area contributed by atoms with Gasteiger partial charge in [0.2, 0.25) is 0 Å². The van der Waals surface area contributed by atoms with Crippen LogP contribution in [-0.2, 0) is 0 Å². The highest BCUT2D eigenvalue weighted by molar-refractivity contribution is 5.35. The summed E-state index contributed by atoms with van der Waals surface area (Å²) < 4.78 is 5.72. The quantitative estimate of drug-likeness (QED) is 0.802. The second kappa shape index (κ2) is 4.67. The van der Waals surface area contributed by atoms with Gasteiger partial charge in [-0.3, -0.25) is 0 Å². The third kappa shape index (κ3) is 2.72. The molecule has 2 heteroatoms. The fraction of sp³-hybridized carbons (Fsp3) is 0.538. The van der Waals surface area contributed by atoms with E-state index in [1.165, 1.54) is 12.8 Å². The smallest absolute Gasteiger partial charge is 0.125 e. The largest absolute Gasteiger partial charge is 0.493 e. The second-order valence-corrected chi connectivity index (χ2v) is 4.22. The van der Waals surface area contributed by atoms with Crippen molar-refractivity contribution in [2.75, 3.05) is 6.61 Å². The molecule has 1 aromatic carbocycles. The Hall–Kier alpha value is -1.02. The van der Waals surface area contributed by atoms with Gasteiger partial charge in [0.1, 0.15) is 5.75 Å². The molecule has 1 unspecified atom stereocenters. The van der Waals surface area contributed by atoms with Crippen molar-refractivity contribution in [3.8, 4) is 5.75 Å². The molecule has 15 heavy (non-hydrogen) atoms. The normalized spacial score (nSPS) is 17.5. The van der Waals surface area contributed by atoms with Crippen molar-refractivity contribution in [3.63, 3.8) is 0 Å². The minimum Gasteiger partial charge on any atom is -0.493 e. The molecule has 1 aliphatic carbocycles. The van der Waals surface area contributed by atoms with E-state index in [2.05, 4.69) is 0 Å². The third-order valence-corrected chi connectivity index (χ3v) is 2.84. The molecule has 1 N–H and O–H groups in total. The molecule has 0 amide bonds. The maximum atomic E-state index is 9.81. The summed E-state index contributed by atoms with van der Waals surface area (Å²) in [5, 5.41) is 9.81. The van der Waals surface area contributed by atoms with E-state index in [1.807, 2.05) is 31.2 Å². The van der Waals surface area contributed by atoms with Gasteiger partial charge in [0.15, 0.2) is 0 Å². The molecule has 1 saturated carbocycles. The zero-order chi connectivity index (χ0) is 10.7. The van der Waals surface area contributed by atoms with Gasteiger partial charge in [0.25, 0.3) is 0 Å². The molecule has 0 radical (unpaired) electrons. The third-order valence-electron chi connectivity index (χ3n) is 2.84. The van der Waals surface area contributed by atoms with Crippen LogP contribution in [0.5, 0.6) is 5.75 Å². The Labute approximate surface area is 90.9 Å². The van der Waals surface area contributed by atoms with Gasteiger partial charge in [-0.2, -0.15) is 0 Å². The number of aliphatic hydroxyl groups is 1. The van der Waals surface area contributed by atoms with Crippen LogP contribution in [0.4, 0.5) is 0 Å². The molecule has 0 spiro atoms. The van der Waals surface area contributed by atoms with E-state index in [0.717, 1.165) is 30.3 Å². The van der Waals surface area contributed by atoms with Crippen molar-refractivity contribution in [2.45, 2.75) is 32.3 Å². The van der Waals surface area contributed by atoms with Gasteiger partial charge in [-0.25, -0.2) is 0 Å². The Morgan fingerprint density at radius 2 is 2.13 bits per heavy atom. The summed E-state index contributed by atoms with van der Waals surface area (Å²) >= 11 is 0. The van der Waals surface area contributed by atoms with E-state index in [4.69, 9.17) is 4.74 Å². The molecule has 1 atom stereocenters. The summed E-state index contributed by atoms with van der Waals surface area (Å²) in [6, 6.07) is 7.78. The van der Waals surface area contributed by atoms with Gasteiger partial charge in [0, 0.05) is 5.56 Å². The van der Waals surface area contributed by atoms with E-state index in [1.54, 1.807) is 0 Å². The van der Waals surface area contributed by atoms with Gasteiger partial charge < -0.3 is 9.84 Å². The average molecular weight is 206 g/mol. The minimum absolute atomic E-state index is 0.402. The van der Waals surface area contributed by atoms with Crippen molar-refractivity contribution < 1.29 is 9.84 Å². The van der Waals surface area contributed by atoms with Crippen LogP contribution in [0.1, 0.15) is 37.9 Å². The second-order valence-electron chi connectivity index (χ2n) is 4.22. The van der Waals surface area contributed by atoms with E-state index in [-0.39, 0.29) is 0 Å². The summed E-state index contributed by atoms with van der Waals surface area (Å²) in [5.41, 5.74) is 0.917. The van der Waals surface area contributed by atoms with Crippen LogP contribution in [0, 0.1) is 5.92 Å². The average Bonchev–Trinajstić information content (AvgIpc) is 3.09. The zero-order valence-corrected chi connectivity index (χ0v) is 9.15. The number of benzene rings is 1. The van der Waals surface area contributed by atoms with Gasteiger partial charge in [-0.1, -0.05) is 25.1 Å². The highest BCUT2D eigenvalue weighted by atomic mass is 16.5. The summed E-state index contributed by atoms with van der Waals surface area (Å²) in [4.78, 5) is 0. The molecule has 0 saturated heterocycles. The van der Waals surface area contributed by atoms with Crippen molar-refractivity contribution in [3.05, 3.63) is 29.8 Å². The first kappa shape index (κ1) is 10.5. The molecule has 82 valence electrons. The van der Waals surface area contributed by atoms with Crippen molar-refractivity contribution in [1.82, 2.24) is 0 Å². The van der Waals surface area contributed by atoms with Crippen molar-refractivity contribution in [1.29, 1.82) is 0 Å². The molecule has 0 aromatic heterocycles. The van der Waals surface area contributed by atoms with Crippen LogP contribution >= 0.6 is 0 Å². The van der Waals surface area contributed by atoms with Gasteiger partial charge in [0.05, 0.1) is 12.7 Å². The fourth-order valence-corrected chi connectivity index (χ4v) is 1.60. The zero-order valence-electron chi connectivity index (χ0n) is 9.15. The molecule has 1 aromatic rings. The van der Waals surface area contributed by atoms with E-state index < -0.39 is 6.10 Å². The molecule has 1 fully saturated rings. The molecule has 0 bridgehead atoms. The topological polar surface area (TPSA) is 29.5 Å². The lowest BCUT2D eigenvalue weighted by Crippen LogP contribution is -2.04. The Morgan fingerprint density at radius 3 is 2.80 bits per heavy atom. The van der Waals surface area contributed by atoms with Crippen LogP contribution in [0.2, 0.25) is 0 Å². The number of hydrogen-bond acceptors (Lipinski definition) is 2. The molecule has 1 aliphatic rings. The van der Waals surface area contributed by atoms with Gasteiger partial charge >= 0.3 is 0 Å². The van der Waals surface area contributed by atoms with Crippen LogP contribution < -0.4 is 4.74 Å². The first-order valence-electron chi connectivity index (χ1n) is 5.71. The summed E-state index contributed by atoms with van der Waals surface area (Å²) in [6.07, 6.45) is 2.90. The first-order chi connectivity index (χ1) is 7.31. The Kier molecular flexibility index (Phi) is 3.27. The number of aliphatic hydroxyl groups excluding tert-OH is 1. The maximum absolute atomic E-state index is 9.81. The van der Waals surface area contributed by atoms with E-state index in [9.17, 15) is 5.11 Å². The summed E-state index contributed by atoms with van der Waals surface area (Å²) in [7, 11) is 0. The molecule has 2 rings (SSSR count). The van der Waals surface area contributed by atoms with Crippen molar-refractivity contribution >= 4 is 0 Å². The summed E-state index contributed by atoms with van der Waals surface area (Å²) in [5.74, 6) is 1.59. The molecule has 2 nitrogen and oxygen atoms in total. The lowest BCUT2D eigenvalue weighted by molar-refractivity contribution is 0.166. The van der Waals surface area contributed by atoms with Crippen LogP contribution in [0.25, 0.3) is 0 Å². The van der Waals surface area contributed by atoms with Crippen LogP contribution in [-0.4, -0.2) is 11.7 Å². The predicted octanol–water partition coefficient (Wildman–Crippen LogP) is 2.92. The Balaban J connectivity index is 2.05. The van der Waals surface area contributed by atoms with E-state index >= 15 is 0 Å². The van der Waals surface area contributed by atoms with Gasteiger partial charge in [-0.15, -0.1) is 0 Å². The number of ether oxygens (including phenoxy) is 1. The SMILES string of the molecule is CCC(O)c1ccccc1OCC1CC1. The van der Waals surface area contributed by atoms with Gasteiger partial charge in [-0.05, 0) is 31.2 Å². The van der Waals surface area contributed by atoms with Crippen molar-refractivity contribution in [2.24, 2.45) is 5.92 Å². The summed E-state index contributed by atoms with van der Waals surface area (Å²) in [6.45, 7) is 2.77. The molecular formula is C13H18O2. The Bertz CT molecular complexity index is 318. The highest BCUT2D eigenvalue weighted by Gasteiger charge is 2.22. The number of para-hydroxylation sites is 1. The lowest BCUT2D eigenvalue weighted by atomic mass is 10.1. The highest BCUT2D eigenvalue weighted by Crippen LogP contribution is 2.32. The molecule has 0 heterocycles. The lowest BCUT2D eigenvalue weighted by Gasteiger charge is -2.14. The van der Waals surface area contributed by atoms with E-state index in [0.29, 0.717) is 0 Å². The first-order valence-corrected chi connectivity index (χ1v) is 5.71. The minimum atomic E-state index is -0.402. The molecular weight excluding hydrogens is 188 g/mol. The molecule has 0 aliphatic heterocycles. The number of hydrogen-bond donors (Lipinski definition) is 1. The Morgan fingerprint density at radius 1 is 1.40 bits per heavy atom.